The second-order valence-electron chi connectivity index (χ2n) is 7.23. The minimum Gasteiger partial charge on any atom is -0.337 e. The Balaban J connectivity index is 1.66. The van der Waals surface area contributed by atoms with Crippen molar-refractivity contribution in [3.8, 4) is 22.6 Å². The van der Waals surface area contributed by atoms with Crippen LogP contribution >= 0.6 is 0 Å². The second-order valence-corrected chi connectivity index (χ2v) is 7.23. The molecule has 1 amide bonds. The molecule has 142 valence electrons. The van der Waals surface area contributed by atoms with E-state index >= 15 is 0 Å². The standard InChI is InChI=1S/C22H23N5O/c1-14-6-7-19(15(2)25-14)20-8-10-24-21(26-20)16-4-3-5-17(12-16)22(28)27-11-9-18(23)13-27/h3-8,10,12,18H,9,11,13,23H2,1-2H3/t18-/m1/s1. The van der Waals surface area contributed by atoms with Gasteiger partial charge in [-0.3, -0.25) is 9.78 Å². The van der Waals surface area contributed by atoms with Crippen molar-refractivity contribution in [1.82, 2.24) is 19.9 Å². The second kappa shape index (κ2) is 7.48. The molecule has 1 aliphatic rings. The van der Waals surface area contributed by atoms with Crippen molar-refractivity contribution in [3.05, 3.63) is 65.6 Å². The van der Waals surface area contributed by atoms with E-state index in [1.165, 1.54) is 0 Å². The third-order valence-corrected chi connectivity index (χ3v) is 5.04. The van der Waals surface area contributed by atoms with Crippen molar-refractivity contribution in [2.24, 2.45) is 5.73 Å². The van der Waals surface area contributed by atoms with Crippen LogP contribution in [0.15, 0.2) is 48.7 Å². The highest BCUT2D eigenvalue weighted by Crippen LogP contribution is 2.24. The van der Waals surface area contributed by atoms with Crippen LogP contribution in [0.5, 0.6) is 0 Å². The number of carbonyl (C=O) groups excluding carboxylic acids is 1. The van der Waals surface area contributed by atoms with E-state index in [9.17, 15) is 4.79 Å². The Labute approximate surface area is 164 Å². The third-order valence-electron chi connectivity index (χ3n) is 5.04. The molecular weight excluding hydrogens is 350 g/mol. The molecule has 1 fully saturated rings. The minimum absolute atomic E-state index is 0.00420. The highest BCUT2D eigenvalue weighted by molar-refractivity contribution is 5.95. The zero-order valence-electron chi connectivity index (χ0n) is 16.1. The normalized spacial score (nSPS) is 16.4. The summed E-state index contributed by atoms with van der Waals surface area (Å²) in [6, 6.07) is 13.4. The summed E-state index contributed by atoms with van der Waals surface area (Å²) in [6.07, 6.45) is 2.59. The van der Waals surface area contributed by atoms with Crippen molar-refractivity contribution < 1.29 is 4.79 Å². The number of hydrogen-bond acceptors (Lipinski definition) is 5. The van der Waals surface area contributed by atoms with E-state index in [2.05, 4.69) is 9.97 Å². The first-order valence-electron chi connectivity index (χ1n) is 9.44. The Hall–Kier alpha value is -3.12. The van der Waals surface area contributed by atoms with E-state index in [1.807, 2.05) is 61.2 Å². The van der Waals surface area contributed by atoms with Gasteiger partial charge in [0.25, 0.3) is 5.91 Å². The predicted molar refractivity (Wildman–Crippen MR) is 109 cm³/mol. The highest BCUT2D eigenvalue weighted by atomic mass is 16.2. The summed E-state index contributed by atoms with van der Waals surface area (Å²) in [5.74, 6) is 0.592. The largest absolute Gasteiger partial charge is 0.337 e. The maximum absolute atomic E-state index is 12.8. The van der Waals surface area contributed by atoms with E-state index in [0.29, 0.717) is 24.5 Å². The van der Waals surface area contributed by atoms with Crippen LogP contribution in [-0.2, 0) is 0 Å². The summed E-state index contributed by atoms with van der Waals surface area (Å²) in [4.78, 5) is 28.2. The third kappa shape index (κ3) is 3.64. The molecule has 4 rings (SSSR count). The number of pyridine rings is 1. The predicted octanol–water partition coefficient (Wildman–Crippen LogP) is 3.00. The molecular formula is C22H23N5O. The number of aryl methyl sites for hydroxylation is 2. The van der Waals surface area contributed by atoms with Crippen LogP contribution in [0.25, 0.3) is 22.6 Å². The number of nitrogens with zero attached hydrogens (tertiary/aromatic N) is 4. The Kier molecular flexibility index (Phi) is 4.88. The van der Waals surface area contributed by atoms with Gasteiger partial charge < -0.3 is 10.6 Å². The lowest BCUT2D eigenvalue weighted by atomic mass is 10.1. The van der Waals surface area contributed by atoms with Gasteiger partial charge in [-0.15, -0.1) is 0 Å². The quantitative estimate of drug-likeness (QED) is 0.763. The lowest BCUT2D eigenvalue weighted by Crippen LogP contribution is -2.31. The van der Waals surface area contributed by atoms with Gasteiger partial charge in [0.15, 0.2) is 5.82 Å². The Bertz CT molecular complexity index is 1030. The minimum atomic E-state index is 0.00420. The molecule has 2 N–H and O–H groups in total. The molecule has 0 radical (unpaired) electrons. The first kappa shape index (κ1) is 18.3. The summed E-state index contributed by atoms with van der Waals surface area (Å²) in [5, 5.41) is 0. The Morgan fingerprint density at radius 3 is 2.75 bits per heavy atom. The molecule has 3 heterocycles. The van der Waals surface area contributed by atoms with Crippen LogP contribution in [-0.4, -0.2) is 44.9 Å². The molecule has 0 spiro atoms. The number of amides is 1. The van der Waals surface area contributed by atoms with E-state index in [4.69, 9.17) is 10.7 Å². The number of carbonyl (C=O) groups is 1. The number of rotatable bonds is 3. The van der Waals surface area contributed by atoms with Crippen LogP contribution in [0.1, 0.15) is 28.2 Å². The average molecular weight is 373 g/mol. The number of benzene rings is 1. The van der Waals surface area contributed by atoms with E-state index in [1.54, 1.807) is 6.20 Å². The summed E-state index contributed by atoms with van der Waals surface area (Å²) in [7, 11) is 0. The van der Waals surface area contributed by atoms with Gasteiger partial charge >= 0.3 is 0 Å². The molecule has 3 aromatic rings. The van der Waals surface area contributed by atoms with Crippen LogP contribution in [0, 0.1) is 13.8 Å². The van der Waals surface area contributed by atoms with Gasteiger partial charge in [0, 0.05) is 53.4 Å². The zero-order chi connectivity index (χ0) is 19.7. The number of likely N-dealkylation sites (tertiary alicyclic amines) is 1. The summed E-state index contributed by atoms with van der Waals surface area (Å²) >= 11 is 0. The van der Waals surface area contributed by atoms with E-state index in [0.717, 1.165) is 34.6 Å². The molecule has 0 saturated carbocycles. The van der Waals surface area contributed by atoms with Crippen LogP contribution in [0.2, 0.25) is 0 Å². The van der Waals surface area contributed by atoms with Crippen LogP contribution < -0.4 is 5.73 Å². The molecule has 1 aliphatic heterocycles. The molecule has 1 atom stereocenters. The van der Waals surface area contributed by atoms with E-state index in [-0.39, 0.29) is 11.9 Å². The molecule has 0 unspecified atom stereocenters. The SMILES string of the molecule is Cc1ccc(-c2ccnc(-c3cccc(C(=O)N4CC[C@@H](N)C4)c3)n2)c(C)n1. The molecule has 0 aliphatic carbocycles. The van der Waals surface area contributed by atoms with Gasteiger partial charge in [-0.25, -0.2) is 9.97 Å². The highest BCUT2D eigenvalue weighted by Gasteiger charge is 2.24. The van der Waals surface area contributed by atoms with Crippen LogP contribution in [0.4, 0.5) is 0 Å². The maximum atomic E-state index is 12.8. The average Bonchev–Trinajstić information content (AvgIpc) is 3.14. The first-order chi connectivity index (χ1) is 13.5. The molecule has 28 heavy (non-hydrogen) atoms. The summed E-state index contributed by atoms with van der Waals surface area (Å²) < 4.78 is 0. The molecule has 2 aromatic heterocycles. The maximum Gasteiger partial charge on any atom is 0.253 e. The zero-order valence-corrected chi connectivity index (χ0v) is 16.1. The van der Waals surface area contributed by atoms with Crippen molar-refractivity contribution >= 4 is 5.91 Å². The van der Waals surface area contributed by atoms with Gasteiger partial charge in [0.2, 0.25) is 0 Å². The van der Waals surface area contributed by atoms with Crippen molar-refractivity contribution in [3.63, 3.8) is 0 Å². The smallest absolute Gasteiger partial charge is 0.253 e. The fraction of sp³-hybridized carbons (Fsp3) is 0.273. The van der Waals surface area contributed by atoms with Gasteiger partial charge in [0.05, 0.1) is 5.69 Å². The monoisotopic (exact) mass is 373 g/mol. The number of nitrogens with two attached hydrogens (primary N) is 1. The van der Waals surface area contributed by atoms with Gasteiger partial charge in [0.1, 0.15) is 0 Å². The lowest BCUT2D eigenvalue weighted by Gasteiger charge is -2.16. The van der Waals surface area contributed by atoms with Crippen molar-refractivity contribution in [2.45, 2.75) is 26.3 Å². The molecule has 6 nitrogen and oxygen atoms in total. The summed E-state index contributed by atoms with van der Waals surface area (Å²) in [5.41, 5.74) is 11.1. The van der Waals surface area contributed by atoms with Gasteiger partial charge in [-0.2, -0.15) is 0 Å². The van der Waals surface area contributed by atoms with Gasteiger partial charge in [-0.05, 0) is 50.6 Å². The molecule has 1 saturated heterocycles. The molecule has 1 aromatic carbocycles. The van der Waals surface area contributed by atoms with Crippen LogP contribution in [0.3, 0.4) is 0 Å². The summed E-state index contributed by atoms with van der Waals surface area (Å²) in [6.45, 7) is 5.26. The van der Waals surface area contributed by atoms with E-state index < -0.39 is 0 Å². The fourth-order valence-corrected chi connectivity index (χ4v) is 3.55. The fourth-order valence-electron chi connectivity index (χ4n) is 3.55. The lowest BCUT2D eigenvalue weighted by molar-refractivity contribution is 0.0791. The molecule has 6 heteroatoms. The van der Waals surface area contributed by atoms with Crippen molar-refractivity contribution in [1.29, 1.82) is 0 Å². The first-order valence-corrected chi connectivity index (χ1v) is 9.44. The topological polar surface area (TPSA) is 85.0 Å². The Morgan fingerprint density at radius 2 is 2.00 bits per heavy atom. The number of hydrogen-bond donors (Lipinski definition) is 1. The Morgan fingerprint density at radius 1 is 1.14 bits per heavy atom. The van der Waals surface area contributed by atoms with Crippen molar-refractivity contribution in [2.75, 3.05) is 13.1 Å². The van der Waals surface area contributed by atoms with Gasteiger partial charge in [-0.1, -0.05) is 12.1 Å². The number of aromatic nitrogens is 3. The molecule has 0 bridgehead atoms.